The lowest BCUT2D eigenvalue weighted by Gasteiger charge is -2.29. The van der Waals surface area contributed by atoms with Crippen molar-refractivity contribution in [2.75, 3.05) is 0 Å². The van der Waals surface area contributed by atoms with Crippen LogP contribution in [-0.4, -0.2) is 32.8 Å². The molecule has 2 aromatic carbocycles. The maximum Gasteiger partial charge on any atom is 0.251 e. The van der Waals surface area contributed by atoms with Gasteiger partial charge in [0.25, 0.3) is 5.91 Å². The van der Waals surface area contributed by atoms with Gasteiger partial charge in [0.15, 0.2) is 5.58 Å². The maximum atomic E-state index is 13.0. The molecule has 0 spiro atoms. The van der Waals surface area contributed by atoms with Gasteiger partial charge in [-0.15, -0.1) is 0 Å². The van der Waals surface area contributed by atoms with Crippen molar-refractivity contribution in [2.45, 2.75) is 37.8 Å². The number of carbonyl (C=O) groups is 1. The molecule has 5 aromatic rings. The molecule has 3 heterocycles. The Hall–Kier alpha value is -3.97. The molecule has 1 amide bonds. The largest absolute Gasteiger partial charge is 0.454 e. The van der Waals surface area contributed by atoms with Crippen LogP contribution in [0.25, 0.3) is 44.5 Å². The number of carbonyl (C=O) groups excluding carboxylic acids is 1. The Balaban J connectivity index is 1.34. The SMILES string of the molecule is Cn1ncc2ccc(-c3cc4nccc(-c5cccc(C(=O)NC6CCCCC6N)c5)c4o3)cc21. The van der Waals surface area contributed by atoms with Crippen LogP contribution in [0.4, 0.5) is 0 Å². The number of pyridine rings is 1. The minimum absolute atomic E-state index is 0.0165. The van der Waals surface area contributed by atoms with Gasteiger partial charge in [-0.2, -0.15) is 5.10 Å². The van der Waals surface area contributed by atoms with E-state index >= 15 is 0 Å². The Morgan fingerprint density at radius 3 is 2.86 bits per heavy atom. The van der Waals surface area contributed by atoms with Crippen LogP contribution in [0, 0.1) is 0 Å². The number of hydrogen-bond donors (Lipinski definition) is 2. The lowest BCUT2D eigenvalue weighted by atomic mass is 9.91. The summed E-state index contributed by atoms with van der Waals surface area (Å²) < 4.78 is 8.18. The zero-order valence-electron chi connectivity index (χ0n) is 19.6. The highest BCUT2D eigenvalue weighted by Crippen LogP contribution is 2.34. The molecule has 176 valence electrons. The number of aromatic nitrogens is 3. The Kier molecular flexibility index (Phi) is 5.34. The summed E-state index contributed by atoms with van der Waals surface area (Å²) in [4.78, 5) is 17.5. The van der Waals surface area contributed by atoms with Crippen molar-refractivity contribution >= 4 is 27.9 Å². The molecule has 7 nitrogen and oxygen atoms in total. The second-order valence-electron chi connectivity index (χ2n) is 9.33. The first-order chi connectivity index (χ1) is 17.1. The van der Waals surface area contributed by atoms with Crippen molar-refractivity contribution in [3.8, 4) is 22.5 Å². The summed E-state index contributed by atoms with van der Waals surface area (Å²) in [6, 6.07) is 17.7. The average molecular weight is 466 g/mol. The average Bonchev–Trinajstić information content (AvgIpc) is 3.49. The molecule has 3 N–H and O–H groups in total. The lowest BCUT2D eigenvalue weighted by molar-refractivity contribution is 0.0921. The fourth-order valence-electron chi connectivity index (χ4n) is 5.02. The van der Waals surface area contributed by atoms with Crippen molar-refractivity contribution in [3.63, 3.8) is 0 Å². The molecular formula is C28H27N5O2. The summed E-state index contributed by atoms with van der Waals surface area (Å²) in [6.45, 7) is 0. The lowest BCUT2D eigenvalue weighted by Crippen LogP contribution is -2.49. The van der Waals surface area contributed by atoms with Gasteiger partial charge in [0, 0.05) is 53.5 Å². The number of amides is 1. The second-order valence-corrected chi connectivity index (χ2v) is 9.33. The fraction of sp³-hybridized carbons (Fsp3) is 0.250. The number of benzene rings is 2. The van der Waals surface area contributed by atoms with Gasteiger partial charge in [0.05, 0.1) is 11.7 Å². The number of fused-ring (bicyclic) bond motifs is 2. The molecule has 1 aliphatic carbocycles. The predicted octanol–water partition coefficient (Wildman–Crippen LogP) is 5.05. The van der Waals surface area contributed by atoms with Crippen LogP contribution in [0.2, 0.25) is 0 Å². The van der Waals surface area contributed by atoms with Crippen molar-refractivity contribution in [3.05, 3.63) is 72.6 Å². The van der Waals surface area contributed by atoms with Crippen LogP contribution in [0.3, 0.4) is 0 Å². The van der Waals surface area contributed by atoms with E-state index in [1.54, 1.807) is 6.20 Å². The van der Waals surface area contributed by atoms with Gasteiger partial charge < -0.3 is 15.5 Å². The third-order valence-electron chi connectivity index (χ3n) is 7.02. The number of nitrogens with two attached hydrogens (primary N) is 1. The van der Waals surface area contributed by atoms with Gasteiger partial charge in [0.2, 0.25) is 0 Å². The van der Waals surface area contributed by atoms with E-state index in [-0.39, 0.29) is 18.0 Å². The highest BCUT2D eigenvalue weighted by Gasteiger charge is 2.24. The van der Waals surface area contributed by atoms with E-state index in [2.05, 4.69) is 21.5 Å². The van der Waals surface area contributed by atoms with Crippen LogP contribution in [0.15, 0.2) is 71.4 Å². The smallest absolute Gasteiger partial charge is 0.251 e. The standard InChI is InChI=1S/C28H27N5O2/c1-33-25-14-18(9-10-20(25)16-31-33)26-15-24-27(35-26)21(11-12-30-24)17-5-4-6-19(13-17)28(34)32-23-8-3-2-7-22(23)29/h4-6,9-16,22-23H,2-3,7-8,29H2,1H3,(H,32,34). The summed E-state index contributed by atoms with van der Waals surface area (Å²) in [5.41, 5.74) is 12.1. The molecule has 35 heavy (non-hydrogen) atoms. The predicted molar refractivity (Wildman–Crippen MR) is 137 cm³/mol. The van der Waals surface area contributed by atoms with Crippen LogP contribution >= 0.6 is 0 Å². The summed E-state index contributed by atoms with van der Waals surface area (Å²) in [5.74, 6) is 0.646. The van der Waals surface area contributed by atoms with Gasteiger partial charge in [0.1, 0.15) is 11.3 Å². The number of hydrogen-bond acceptors (Lipinski definition) is 5. The molecule has 6 rings (SSSR count). The number of nitrogens with one attached hydrogen (secondary N) is 1. The molecule has 0 saturated heterocycles. The molecule has 1 fully saturated rings. The third kappa shape index (κ3) is 3.98. The highest BCUT2D eigenvalue weighted by molar-refractivity contribution is 5.98. The molecule has 0 radical (unpaired) electrons. The monoisotopic (exact) mass is 465 g/mol. The van der Waals surface area contributed by atoms with Crippen molar-refractivity contribution in [1.82, 2.24) is 20.1 Å². The van der Waals surface area contributed by atoms with Crippen molar-refractivity contribution < 1.29 is 9.21 Å². The van der Waals surface area contributed by atoms with E-state index in [0.717, 1.165) is 64.6 Å². The van der Waals surface area contributed by atoms with Gasteiger partial charge in [-0.3, -0.25) is 14.5 Å². The zero-order chi connectivity index (χ0) is 23.9. The first kappa shape index (κ1) is 21.6. The molecule has 3 aromatic heterocycles. The first-order valence-corrected chi connectivity index (χ1v) is 12.0. The van der Waals surface area contributed by atoms with Gasteiger partial charge in [-0.25, -0.2) is 0 Å². The number of furan rings is 1. The number of rotatable bonds is 4. The van der Waals surface area contributed by atoms with Gasteiger partial charge >= 0.3 is 0 Å². The Labute approximate surface area is 202 Å². The van der Waals surface area contributed by atoms with E-state index in [9.17, 15) is 4.79 Å². The van der Waals surface area contributed by atoms with E-state index in [1.807, 2.05) is 66.5 Å². The molecule has 7 heteroatoms. The van der Waals surface area contributed by atoms with Gasteiger partial charge in [-0.1, -0.05) is 37.1 Å². The van der Waals surface area contributed by atoms with E-state index in [0.29, 0.717) is 11.1 Å². The van der Waals surface area contributed by atoms with Crippen molar-refractivity contribution in [1.29, 1.82) is 0 Å². The Morgan fingerprint density at radius 1 is 1.09 bits per heavy atom. The maximum absolute atomic E-state index is 13.0. The van der Waals surface area contributed by atoms with Crippen LogP contribution in [-0.2, 0) is 7.05 Å². The topological polar surface area (TPSA) is 99.0 Å². The summed E-state index contributed by atoms with van der Waals surface area (Å²) in [7, 11) is 1.93. The minimum Gasteiger partial charge on any atom is -0.454 e. The molecular weight excluding hydrogens is 438 g/mol. The van der Waals surface area contributed by atoms with Crippen LogP contribution in [0.1, 0.15) is 36.0 Å². The first-order valence-electron chi connectivity index (χ1n) is 12.0. The summed E-state index contributed by atoms with van der Waals surface area (Å²) in [5, 5.41) is 8.54. The molecule has 0 bridgehead atoms. The van der Waals surface area contributed by atoms with E-state index < -0.39 is 0 Å². The molecule has 1 saturated carbocycles. The van der Waals surface area contributed by atoms with Gasteiger partial charge in [-0.05, 0) is 42.7 Å². The molecule has 1 aliphatic rings. The third-order valence-corrected chi connectivity index (χ3v) is 7.02. The number of aryl methyl sites for hydroxylation is 1. The second kappa shape index (κ2) is 8.67. The highest BCUT2D eigenvalue weighted by atomic mass is 16.3. The fourth-order valence-corrected chi connectivity index (χ4v) is 5.02. The number of nitrogens with zero attached hydrogens (tertiary/aromatic N) is 3. The minimum atomic E-state index is -0.0934. The summed E-state index contributed by atoms with van der Waals surface area (Å²) in [6.07, 6.45) is 7.73. The van der Waals surface area contributed by atoms with E-state index in [4.69, 9.17) is 10.2 Å². The molecule has 2 atom stereocenters. The molecule has 0 aliphatic heterocycles. The Morgan fingerprint density at radius 2 is 1.97 bits per heavy atom. The van der Waals surface area contributed by atoms with Crippen LogP contribution < -0.4 is 11.1 Å². The summed E-state index contributed by atoms with van der Waals surface area (Å²) >= 11 is 0. The van der Waals surface area contributed by atoms with Crippen LogP contribution in [0.5, 0.6) is 0 Å². The van der Waals surface area contributed by atoms with E-state index in [1.165, 1.54) is 0 Å². The Bertz CT molecular complexity index is 1550. The zero-order valence-corrected chi connectivity index (χ0v) is 19.6. The van der Waals surface area contributed by atoms with Crippen molar-refractivity contribution in [2.24, 2.45) is 12.8 Å². The normalized spacial score (nSPS) is 18.2. The molecule has 2 unspecified atom stereocenters. The quantitative estimate of drug-likeness (QED) is 0.387.